The highest BCUT2D eigenvalue weighted by atomic mass is 16.5. The second-order valence-electron chi connectivity index (χ2n) is 4.86. The highest BCUT2D eigenvalue weighted by Gasteiger charge is 2.32. The topological polar surface area (TPSA) is 61.8 Å². The van der Waals surface area contributed by atoms with E-state index in [1.807, 2.05) is 0 Å². The lowest BCUT2D eigenvalue weighted by Crippen LogP contribution is -2.52. The maximum atomic E-state index is 11.2. The minimum absolute atomic E-state index is 0.458. The summed E-state index contributed by atoms with van der Waals surface area (Å²) in [5.41, 5.74) is -0.879. The van der Waals surface area contributed by atoms with Gasteiger partial charge in [0.25, 0.3) is 0 Å². The Morgan fingerprint density at radius 1 is 1.47 bits per heavy atom. The van der Waals surface area contributed by atoms with Crippen molar-refractivity contribution in [3.63, 3.8) is 0 Å². The minimum atomic E-state index is -0.879. The molecule has 1 rings (SSSR count). The Balaban J connectivity index is 2.30. The smallest absolute Gasteiger partial charge is 0.323 e. The third kappa shape index (κ3) is 4.61. The van der Waals surface area contributed by atoms with Crippen LogP contribution in [0.2, 0.25) is 0 Å². The molecule has 0 bridgehead atoms. The fourth-order valence-corrected chi connectivity index (χ4v) is 2.07. The van der Waals surface area contributed by atoms with Gasteiger partial charge in [-0.25, -0.2) is 0 Å². The van der Waals surface area contributed by atoms with Gasteiger partial charge in [0.2, 0.25) is 0 Å². The molecule has 0 aromatic carbocycles. The van der Waals surface area contributed by atoms with Crippen molar-refractivity contribution in [3.05, 3.63) is 0 Å². The summed E-state index contributed by atoms with van der Waals surface area (Å²) in [6.07, 6.45) is 3.01. The van der Waals surface area contributed by atoms with Crippen molar-refractivity contribution in [2.75, 3.05) is 39.9 Å². The van der Waals surface area contributed by atoms with Crippen LogP contribution in [0.15, 0.2) is 0 Å². The summed E-state index contributed by atoms with van der Waals surface area (Å²) < 4.78 is 4.95. The molecule has 1 atom stereocenters. The first-order valence-electron chi connectivity index (χ1n) is 6.28. The Morgan fingerprint density at radius 2 is 2.12 bits per heavy atom. The molecule has 1 fully saturated rings. The maximum absolute atomic E-state index is 11.2. The number of nitrogens with one attached hydrogen (secondary N) is 1. The molecule has 100 valence electrons. The normalized spacial score (nSPS) is 20.4. The molecule has 0 amide bonds. The highest BCUT2D eigenvalue weighted by Crippen LogP contribution is 2.11. The number of hydrogen-bond acceptors (Lipinski definition) is 4. The summed E-state index contributed by atoms with van der Waals surface area (Å²) in [5, 5.41) is 12.4. The summed E-state index contributed by atoms with van der Waals surface area (Å²) in [5.74, 6) is -0.809. The van der Waals surface area contributed by atoms with Gasteiger partial charge in [-0.15, -0.1) is 0 Å². The minimum Gasteiger partial charge on any atom is -0.480 e. The Morgan fingerprint density at radius 3 is 2.65 bits per heavy atom. The van der Waals surface area contributed by atoms with Crippen LogP contribution < -0.4 is 5.32 Å². The van der Waals surface area contributed by atoms with Gasteiger partial charge in [0.05, 0.1) is 0 Å². The van der Waals surface area contributed by atoms with E-state index in [-0.39, 0.29) is 0 Å². The maximum Gasteiger partial charge on any atom is 0.323 e. The molecule has 1 aliphatic rings. The molecule has 1 aliphatic heterocycles. The van der Waals surface area contributed by atoms with Gasteiger partial charge in [0, 0.05) is 26.8 Å². The van der Waals surface area contributed by atoms with Crippen molar-refractivity contribution in [1.82, 2.24) is 10.2 Å². The molecule has 2 N–H and O–H groups in total. The molecule has 0 aromatic rings. The van der Waals surface area contributed by atoms with Crippen molar-refractivity contribution in [2.24, 2.45) is 0 Å². The van der Waals surface area contributed by atoms with E-state index in [9.17, 15) is 9.90 Å². The van der Waals surface area contributed by atoms with Crippen LogP contribution in [0.5, 0.6) is 0 Å². The van der Waals surface area contributed by atoms with E-state index in [4.69, 9.17) is 4.74 Å². The Labute approximate surface area is 103 Å². The molecule has 5 nitrogen and oxygen atoms in total. The average molecular weight is 244 g/mol. The van der Waals surface area contributed by atoms with Crippen LogP contribution in [0.4, 0.5) is 0 Å². The van der Waals surface area contributed by atoms with Crippen LogP contribution in [0, 0.1) is 0 Å². The van der Waals surface area contributed by atoms with Gasteiger partial charge in [-0.05, 0) is 39.3 Å². The molecule has 5 heteroatoms. The summed E-state index contributed by atoms with van der Waals surface area (Å²) >= 11 is 0. The molecule has 0 radical (unpaired) electrons. The number of carboxylic acid groups (broad SMARTS) is 1. The van der Waals surface area contributed by atoms with E-state index in [1.165, 1.54) is 12.8 Å². The lowest BCUT2D eigenvalue weighted by Gasteiger charge is -2.27. The lowest BCUT2D eigenvalue weighted by atomic mass is 9.98. The Hall–Kier alpha value is -0.650. The molecular formula is C12H24N2O3. The third-order valence-electron chi connectivity index (χ3n) is 3.42. The summed E-state index contributed by atoms with van der Waals surface area (Å²) in [6.45, 7) is 6.10. The highest BCUT2D eigenvalue weighted by molar-refractivity contribution is 5.78. The lowest BCUT2D eigenvalue weighted by molar-refractivity contribution is -0.145. The molecule has 1 heterocycles. The van der Waals surface area contributed by atoms with Crippen LogP contribution in [-0.2, 0) is 9.53 Å². The number of aliphatic carboxylic acids is 1. The van der Waals surface area contributed by atoms with Gasteiger partial charge >= 0.3 is 5.97 Å². The van der Waals surface area contributed by atoms with Crippen molar-refractivity contribution in [3.8, 4) is 0 Å². The van der Waals surface area contributed by atoms with Gasteiger partial charge in [-0.3, -0.25) is 4.79 Å². The first-order chi connectivity index (χ1) is 8.08. The van der Waals surface area contributed by atoms with Gasteiger partial charge in [-0.2, -0.15) is 0 Å². The molecule has 0 aromatic heterocycles. The zero-order valence-corrected chi connectivity index (χ0v) is 10.9. The first-order valence-corrected chi connectivity index (χ1v) is 6.28. The zero-order valence-electron chi connectivity index (χ0n) is 10.9. The zero-order chi connectivity index (χ0) is 12.7. The molecular weight excluding hydrogens is 220 g/mol. The number of methoxy groups -OCH3 is 1. The molecule has 0 spiro atoms. The molecule has 0 saturated carbocycles. The van der Waals surface area contributed by atoms with Crippen LogP contribution in [0.25, 0.3) is 0 Å². The largest absolute Gasteiger partial charge is 0.480 e. The average Bonchev–Trinajstić information content (AvgIpc) is 2.79. The second-order valence-corrected chi connectivity index (χ2v) is 4.86. The monoisotopic (exact) mass is 244 g/mol. The van der Waals surface area contributed by atoms with Crippen LogP contribution in [-0.4, -0.2) is 61.4 Å². The van der Waals surface area contributed by atoms with Gasteiger partial charge in [0.1, 0.15) is 5.54 Å². The summed E-state index contributed by atoms with van der Waals surface area (Å²) in [7, 11) is 1.59. The molecule has 1 saturated heterocycles. The molecule has 17 heavy (non-hydrogen) atoms. The standard InChI is InChI=1S/C12H24N2O3/c1-12(11(15)16,5-10-17-2)13-6-9-14-7-3-4-8-14/h13H,3-10H2,1-2H3,(H,15,16). The number of rotatable bonds is 8. The van der Waals surface area contributed by atoms with Gasteiger partial charge in [-0.1, -0.05) is 0 Å². The van der Waals surface area contributed by atoms with Crippen molar-refractivity contribution >= 4 is 5.97 Å². The van der Waals surface area contributed by atoms with E-state index >= 15 is 0 Å². The quantitative estimate of drug-likeness (QED) is 0.653. The second kappa shape index (κ2) is 6.93. The van der Waals surface area contributed by atoms with Crippen LogP contribution >= 0.6 is 0 Å². The van der Waals surface area contributed by atoms with Gasteiger partial charge < -0.3 is 20.1 Å². The predicted molar refractivity (Wildman–Crippen MR) is 66.2 cm³/mol. The van der Waals surface area contributed by atoms with E-state index in [2.05, 4.69) is 10.2 Å². The fraction of sp³-hybridized carbons (Fsp3) is 0.917. The van der Waals surface area contributed by atoms with E-state index in [1.54, 1.807) is 14.0 Å². The SMILES string of the molecule is COCCC(C)(NCCN1CCCC1)C(=O)O. The number of carboxylic acids is 1. The number of ether oxygens (including phenoxy) is 1. The van der Waals surface area contributed by atoms with Crippen LogP contribution in [0.3, 0.4) is 0 Å². The molecule has 0 aliphatic carbocycles. The van der Waals surface area contributed by atoms with Crippen molar-refractivity contribution < 1.29 is 14.6 Å². The first kappa shape index (κ1) is 14.4. The Kier molecular flexibility index (Phi) is 5.88. The van der Waals surface area contributed by atoms with E-state index in [0.29, 0.717) is 19.6 Å². The van der Waals surface area contributed by atoms with Crippen molar-refractivity contribution in [1.29, 1.82) is 0 Å². The Bertz CT molecular complexity index is 242. The number of nitrogens with zero attached hydrogens (tertiary/aromatic N) is 1. The van der Waals surface area contributed by atoms with Crippen LogP contribution in [0.1, 0.15) is 26.2 Å². The van der Waals surface area contributed by atoms with Crippen molar-refractivity contribution in [2.45, 2.75) is 31.7 Å². The summed E-state index contributed by atoms with van der Waals surface area (Å²) in [4.78, 5) is 13.6. The van der Waals surface area contributed by atoms with E-state index < -0.39 is 11.5 Å². The van der Waals surface area contributed by atoms with Gasteiger partial charge in [0.15, 0.2) is 0 Å². The third-order valence-corrected chi connectivity index (χ3v) is 3.42. The predicted octanol–water partition coefficient (Wildman–Crippen LogP) is 0.552. The number of hydrogen-bond donors (Lipinski definition) is 2. The summed E-state index contributed by atoms with van der Waals surface area (Å²) in [6, 6.07) is 0. The fourth-order valence-electron chi connectivity index (χ4n) is 2.07. The van der Waals surface area contributed by atoms with E-state index in [0.717, 1.165) is 19.6 Å². The number of likely N-dealkylation sites (tertiary alicyclic amines) is 1. The molecule has 1 unspecified atom stereocenters. The number of carbonyl (C=O) groups is 1.